The highest BCUT2D eigenvalue weighted by molar-refractivity contribution is 5.31. The van der Waals surface area contributed by atoms with Crippen molar-refractivity contribution >= 4 is 0 Å². The Balaban J connectivity index is 2.63. The molecule has 4 nitrogen and oxygen atoms in total. The second-order valence-corrected chi connectivity index (χ2v) is 3.37. The first-order valence-corrected chi connectivity index (χ1v) is 4.84. The van der Waals surface area contributed by atoms with Gasteiger partial charge < -0.3 is 20.3 Å². The smallest absolute Gasteiger partial charge is 0.136 e. The second kappa shape index (κ2) is 5.58. The van der Waals surface area contributed by atoms with Crippen LogP contribution >= 0.6 is 0 Å². The lowest BCUT2D eigenvalue weighted by atomic mass is 10.2. The number of hydrogen-bond donors (Lipinski definition) is 2. The minimum Gasteiger partial charge on any atom is -0.497 e. The van der Waals surface area contributed by atoms with Crippen molar-refractivity contribution in [3.8, 4) is 11.5 Å². The molecule has 0 spiro atoms. The van der Waals surface area contributed by atoms with Crippen LogP contribution in [0.2, 0.25) is 0 Å². The lowest BCUT2D eigenvalue weighted by Gasteiger charge is -2.20. The highest BCUT2D eigenvalue weighted by Gasteiger charge is 2.13. The lowest BCUT2D eigenvalue weighted by molar-refractivity contribution is 0.0990. The van der Waals surface area contributed by atoms with Crippen LogP contribution < -0.4 is 15.2 Å². The molecule has 0 saturated heterocycles. The van der Waals surface area contributed by atoms with Gasteiger partial charge in [-0.25, -0.2) is 0 Å². The van der Waals surface area contributed by atoms with Crippen LogP contribution in [0.5, 0.6) is 11.5 Å². The Labute approximate surface area is 89.6 Å². The van der Waals surface area contributed by atoms with E-state index in [9.17, 15) is 0 Å². The molecular formula is C11H17NO3. The van der Waals surface area contributed by atoms with Gasteiger partial charge in [-0.3, -0.25) is 0 Å². The molecule has 2 unspecified atom stereocenters. The molecule has 0 amide bonds. The fourth-order valence-corrected chi connectivity index (χ4v) is 1.14. The van der Waals surface area contributed by atoms with Crippen molar-refractivity contribution in [2.24, 2.45) is 5.73 Å². The molecule has 0 radical (unpaired) electrons. The Morgan fingerprint density at radius 3 is 2.20 bits per heavy atom. The van der Waals surface area contributed by atoms with E-state index in [1.807, 2.05) is 0 Å². The van der Waals surface area contributed by atoms with Gasteiger partial charge in [-0.1, -0.05) is 0 Å². The molecule has 1 rings (SSSR count). The number of ether oxygens (including phenoxy) is 2. The maximum absolute atomic E-state index is 9.03. The Hall–Kier alpha value is -1.26. The molecule has 0 aliphatic heterocycles. The second-order valence-electron chi connectivity index (χ2n) is 3.37. The van der Waals surface area contributed by atoms with Crippen molar-refractivity contribution in [2.45, 2.75) is 19.1 Å². The summed E-state index contributed by atoms with van der Waals surface area (Å²) in [7, 11) is 1.61. The van der Waals surface area contributed by atoms with Gasteiger partial charge in [0, 0.05) is 6.04 Å². The van der Waals surface area contributed by atoms with Crippen molar-refractivity contribution in [1.29, 1.82) is 0 Å². The number of aliphatic hydroxyl groups is 1. The van der Waals surface area contributed by atoms with Crippen molar-refractivity contribution in [1.82, 2.24) is 0 Å². The average Bonchev–Trinajstić information content (AvgIpc) is 2.26. The molecule has 15 heavy (non-hydrogen) atoms. The van der Waals surface area contributed by atoms with Gasteiger partial charge in [0.25, 0.3) is 0 Å². The first-order chi connectivity index (χ1) is 7.17. The molecule has 84 valence electrons. The van der Waals surface area contributed by atoms with Gasteiger partial charge in [0.1, 0.15) is 17.6 Å². The molecule has 0 aliphatic rings. The maximum atomic E-state index is 9.03. The molecule has 1 aromatic carbocycles. The van der Waals surface area contributed by atoms with Crippen LogP contribution in [0.3, 0.4) is 0 Å². The molecule has 0 aromatic heterocycles. The van der Waals surface area contributed by atoms with E-state index in [1.165, 1.54) is 0 Å². The fraction of sp³-hybridized carbons (Fsp3) is 0.455. The first-order valence-electron chi connectivity index (χ1n) is 4.84. The Kier molecular flexibility index (Phi) is 4.39. The SMILES string of the molecule is COc1ccc(OC(CO)C(C)N)cc1. The van der Waals surface area contributed by atoms with Crippen LogP contribution in [-0.4, -0.2) is 31.0 Å². The standard InChI is InChI=1S/C11H17NO3/c1-8(12)11(7-13)15-10-5-3-9(14-2)4-6-10/h3-6,8,11,13H,7,12H2,1-2H3. The van der Waals surface area contributed by atoms with E-state index in [0.29, 0.717) is 5.75 Å². The molecule has 0 aliphatic carbocycles. The predicted octanol–water partition coefficient (Wildman–Crippen LogP) is 0.782. The molecule has 1 aromatic rings. The number of hydrogen-bond acceptors (Lipinski definition) is 4. The quantitative estimate of drug-likeness (QED) is 0.755. The normalized spacial score (nSPS) is 14.4. The third-order valence-corrected chi connectivity index (χ3v) is 2.11. The number of benzene rings is 1. The summed E-state index contributed by atoms with van der Waals surface area (Å²) in [6.07, 6.45) is -0.376. The van der Waals surface area contributed by atoms with E-state index in [2.05, 4.69) is 0 Å². The summed E-state index contributed by atoms with van der Waals surface area (Å²) >= 11 is 0. The zero-order valence-corrected chi connectivity index (χ0v) is 9.01. The van der Waals surface area contributed by atoms with E-state index in [1.54, 1.807) is 38.3 Å². The zero-order valence-electron chi connectivity index (χ0n) is 9.01. The van der Waals surface area contributed by atoms with Crippen molar-refractivity contribution in [3.05, 3.63) is 24.3 Å². The number of nitrogens with two attached hydrogens (primary N) is 1. The highest BCUT2D eigenvalue weighted by atomic mass is 16.5. The van der Waals surface area contributed by atoms with Gasteiger partial charge in [-0.15, -0.1) is 0 Å². The Bertz CT molecular complexity index is 284. The summed E-state index contributed by atoms with van der Waals surface area (Å²) in [4.78, 5) is 0. The number of aliphatic hydroxyl groups excluding tert-OH is 1. The number of rotatable bonds is 5. The van der Waals surface area contributed by atoms with E-state index in [-0.39, 0.29) is 18.8 Å². The van der Waals surface area contributed by atoms with E-state index in [0.717, 1.165) is 5.75 Å². The first kappa shape index (κ1) is 11.8. The van der Waals surface area contributed by atoms with Gasteiger partial charge in [0.15, 0.2) is 0 Å². The molecule has 0 heterocycles. The van der Waals surface area contributed by atoms with Gasteiger partial charge >= 0.3 is 0 Å². The molecule has 2 atom stereocenters. The minimum absolute atomic E-state index is 0.0936. The van der Waals surface area contributed by atoms with Gasteiger partial charge in [-0.2, -0.15) is 0 Å². The van der Waals surface area contributed by atoms with E-state index >= 15 is 0 Å². The third kappa shape index (κ3) is 3.42. The zero-order chi connectivity index (χ0) is 11.3. The average molecular weight is 211 g/mol. The van der Waals surface area contributed by atoms with Crippen LogP contribution in [0, 0.1) is 0 Å². The van der Waals surface area contributed by atoms with Crippen molar-refractivity contribution in [2.75, 3.05) is 13.7 Å². The van der Waals surface area contributed by atoms with E-state index < -0.39 is 0 Å². The summed E-state index contributed by atoms with van der Waals surface area (Å²) in [5.74, 6) is 1.44. The summed E-state index contributed by atoms with van der Waals surface area (Å²) in [6.45, 7) is 1.70. The predicted molar refractivity (Wildman–Crippen MR) is 58.1 cm³/mol. The van der Waals surface area contributed by atoms with Crippen LogP contribution in [0.4, 0.5) is 0 Å². The third-order valence-electron chi connectivity index (χ3n) is 2.11. The molecule has 0 fully saturated rings. The molecular weight excluding hydrogens is 194 g/mol. The topological polar surface area (TPSA) is 64.7 Å². The van der Waals surface area contributed by atoms with Crippen molar-refractivity contribution in [3.63, 3.8) is 0 Å². The molecule has 4 heteroatoms. The van der Waals surface area contributed by atoms with Crippen LogP contribution in [0.1, 0.15) is 6.92 Å². The summed E-state index contributed by atoms with van der Waals surface area (Å²) in [5, 5.41) is 9.03. The van der Waals surface area contributed by atoms with Gasteiger partial charge in [0.05, 0.1) is 13.7 Å². The molecule has 0 saturated carbocycles. The summed E-state index contributed by atoms with van der Waals surface area (Å²) < 4.78 is 10.5. The summed E-state index contributed by atoms with van der Waals surface area (Å²) in [6, 6.07) is 6.95. The van der Waals surface area contributed by atoms with Crippen molar-refractivity contribution < 1.29 is 14.6 Å². The van der Waals surface area contributed by atoms with Crippen LogP contribution in [0.25, 0.3) is 0 Å². The van der Waals surface area contributed by atoms with Gasteiger partial charge in [0.2, 0.25) is 0 Å². The van der Waals surface area contributed by atoms with Crippen LogP contribution in [0.15, 0.2) is 24.3 Å². The monoisotopic (exact) mass is 211 g/mol. The Morgan fingerprint density at radius 2 is 1.80 bits per heavy atom. The molecule has 3 N–H and O–H groups in total. The number of methoxy groups -OCH3 is 1. The fourth-order valence-electron chi connectivity index (χ4n) is 1.14. The maximum Gasteiger partial charge on any atom is 0.136 e. The highest BCUT2D eigenvalue weighted by Crippen LogP contribution is 2.18. The molecule has 0 bridgehead atoms. The minimum atomic E-state index is -0.376. The van der Waals surface area contributed by atoms with Gasteiger partial charge in [-0.05, 0) is 31.2 Å². The van der Waals surface area contributed by atoms with Crippen LogP contribution in [-0.2, 0) is 0 Å². The van der Waals surface area contributed by atoms with E-state index in [4.69, 9.17) is 20.3 Å². The summed E-state index contributed by atoms with van der Waals surface area (Å²) in [5.41, 5.74) is 5.64. The Morgan fingerprint density at radius 1 is 1.27 bits per heavy atom. The lowest BCUT2D eigenvalue weighted by Crippen LogP contribution is -2.39. The largest absolute Gasteiger partial charge is 0.497 e.